The zero-order chi connectivity index (χ0) is 12.3. The number of likely N-dealkylation sites (N-methyl/N-ethyl adjacent to an activating group) is 1. The van der Waals surface area contributed by atoms with Crippen LogP contribution in [0.4, 0.5) is 0 Å². The molecule has 1 atom stereocenters. The summed E-state index contributed by atoms with van der Waals surface area (Å²) in [6.07, 6.45) is 2.72. The first kappa shape index (κ1) is 11.7. The summed E-state index contributed by atoms with van der Waals surface area (Å²) in [4.78, 5) is 4.53. The van der Waals surface area contributed by atoms with Gasteiger partial charge in [0.05, 0.1) is 17.4 Å². The molecule has 5 heteroatoms. The first-order chi connectivity index (χ1) is 8.19. The van der Waals surface area contributed by atoms with Gasteiger partial charge < -0.3 is 5.32 Å². The van der Waals surface area contributed by atoms with Crippen LogP contribution < -0.4 is 5.32 Å². The lowest BCUT2D eigenvalue weighted by molar-refractivity contribution is 0.567. The number of rotatable bonds is 4. The van der Waals surface area contributed by atoms with Gasteiger partial charge in [-0.1, -0.05) is 11.3 Å². The second-order valence-corrected chi connectivity index (χ2v) is 4.13. The normalized spacial score (nSPS) is 12.6. The van der Waals surface area contributed by atoms with E-state index in [1.54, 1.807) is 4.68 Å². The number of nitrogens with one attached hydrogen (secondary N) is 1. The smallest absolute Gasteiger partial charge is 0.0846 e. The van der Waals surface area contributed by atoms with Crippen molar-refractivity contribution in [2.75, 3.05) is 7.05 Å². The Hall–Kier alpha value is -1.75. The third-order valence-corrected chi connectivity index (χ3v) is 2.68. The van der Waals surface area contributed by atoms with Gasteiger partial charge in [-0.2, -0.15) is 0 Å². The van der Waals surface area contributed by atoms with E-state index < -0.39 is 0 Å². The van der Waals surface area contributed by atoms with Gasteiger partial charge in [0.1, 0.15) is 0 Å². The van der Waals surface area contributed by atoms with E-state index in [4.69, 9.17) is 0 Å². The second kappa shape index (κ2) is 5.05. The molecule has 17 heavy (non-hydrogen) atoms. The molecule has 0 bridgehead atoms. The van der Waals surface area contributed by atoms with Crippen LogP contribution in [0.15, 0.2) is 24.4 Å². The van der Waals surface area contributed by atoms with Crippen molar-refractivity contribution in [1.82, 2.24) is 25.3 Å². The summed E-state index contributed by atoms with van der Waals surface area (Å²) >= 11 is 0. The molecule has 0 radical (unpaired) electrons. The highest BCUT2D eigenvalue weighted by atomic mass is 15.4. The molecular formula is C12H17N5. The van der Waals surface area contributed by atoms with Crippen molar-refractivity contribution in [1.29, 1.82) is 0 Å². The fourth-order valence-electron chi connectivity index (χ4n) is 1.81. The van der Waals surface area contributed by atoms with Crippen LogP contribution in [-0.4, -0.2) is 27.0 Å². The van der Waals surface area contributed by atoms with Crippen LogP contribution >= 0.6 is 0 Å². The Kier molecular flexibility index (Phi) is 3.49. The minimum atomic E-state index is 0.173. The summed E-state index contributed by atoms with van der Waals surface area (Å²) in [7, 11) is 3.81. The molecule has 0 aliphatic heterocycles. The summed E-state index contributed by atoms with van der Waals surface area (Å²) in [6.45, 7) is 2.00. The van der Waals surface area contributed by atoms with Crippen molar-refractivity contribution in [3.05, 3.63) is 41.5 Å². The lowest BCUT2D eigenvalue weighted by Crippen LogP contribution is -2.20. The van der Waals surface area contributed by atoms with Gasteiger partial charge in [0.15, 0.2) is 0 Å². The molecule has 0 fully saturated rings. The molecule has 1 N–H and O–H groups in total. The van der Waals surface area contributed by atoms with Crippen molar-refractivity contribution in [2.45, 2.75) is 19.4 Å². The van der Waals surface area contributed by atoms with Gasteiger partial charge in [0.25, 0.3) is 0 Å². The highest BCUT2D eigenvalue weighted by Gasteiger charge is 2.13. The number of nitrogens with zero attached hydrogens (tertiary/aromatic N) is 4. The minimum Gasteiger partial charge on any atom is -0.311 e. The van der Waals surface area contributed by atoms with Gasteiger partial charge >= 0.3 is 0 Å². The van der Waals surface area contributed by atoms with Gasteiger partial charge in [-0.25, -0.2) is 0 Å². The minimum absolute atomic E-state index is 0.173. The summed E-state index contributed by atoms with van der Waals surface area (Å²) in [6, 6.07) is 6.23. The van der Waals surface area contributed by atoms with Gasteiger partial charge in [0, 0.05) is 25.4 Å². The molecule has 0 amide bonds. The molecule has 2 aromatic rings. The van der Waals surface area contributed by atoms with Crippen LogP contribution in [0.3, 0.4) is 0 Å². The number of pyridine rings is 1. The maximum atomic E-state index is 4.53. The quantitative estimate of drug-likeness (QED) is 0.853. The Balaban J connectivity index is 2.16. The Morgan fingerprint density at radius 1 is 1.41 bits per heavy atom. The van der Waals surface area contributed by atoms with Gasteiger partial charge in [-0.15, -0.1) is 5.10 Å². The second-order valence-electron chi connectivity index (χ2n) is 4.13. The largest absolute Gasteiger partial charge is 0.311 e. The Labute approximate surface area is 101 Å². The summed E-state index contributed by atoms with van der Waals surface area (Å²) in [5, 5.41) is 11.3. The van der Waals surface area contributed by atoms with E-state index in [0.29, 0.717) is 0 Å². The van der Waals surface area contributed by atoms with E-state index in [-0.39, 0.29) is 6.04 Å². The zero-order valence-electron chi connectivity index (χ0n) is 10.4. The van der Waals surface area contributed by atoms with Crippen LogP contribution in [0.2, 0.25) is 0 Å². The molecule has 5 nitrogen and oxygen atoms in total. The van der Waals surface area contributed by atoms with Crippen LogP contribution in [0.1, 0.15) is 23.1 Å². The van der Waals surface area contributed by atoms with E-state index in [1.807, 2.05) is 45.4 Å². The highest BCUT2D eigenvalue weighted by molar-refractivity contribution is 5.15. The molecule has 2 aromatic heterocycles. The summed E-state index contributed by atoms with van der Waals surface area (Å²) < 4.78 is 1.71. The molecule has 0 saturated heterocycles. The molecular weight excluding hydrogens is 214 g/mol. The Morgan fingerprint density at radius 3 is 2.82 bits per heavy atom. The fraction of sp³-hybridized carbons (Fsp3) is 0.417. The molecule has 1 unspecified atom stereocenters. The molecule has 0 saturated carbocycles. The Morgan fingerprint density at radius 2 is 2.24 bits per heavy atom. The summed E-state index contributed by atoms with van der Waals surface area (Å²) in [5.74, 6) is 0. The number of aryl methyl sites for hydroxylation is 2. The molecule has 0 spiro atoms. The number of aromatic nitrogens is 4. The lowest BCUT2D eigenvalue weighted by Gasteiger charge is -2.14. The van der Waals surface area contributed by atoms with Crippen LogP contribution in [0, 0.1) is 6.92 Å². The average molecular weight is 231 g/mol. The van der Waals surface area contributed by atoms with Crippen molar-refractivity contribution in [2.24, 2.45) is 7.05 Å². The highest BCUT2D eigenvalue weighted by Crippen LogP contribution is 2.14. The third kappa shape index (κ3) is 2.88. The standard InChI is InChI=1S/C12H17N5/c1-9-5-4-6-11(14-9)12(13-2)7-10-8-17(3)16-15-10/h4-6,8,12-13H,7H2,1-3H3. The van der Waals surface area contributed by atoms with E-state index in [2.05, 4.69) is 20.6 Å². The summed E-state index contributed by atoms with van der Waals surface area (Å²) in [5.41, 5.74) is 3.04. The average Bonchev–Trinajstić information content (AvgIpc) is 2.72. The number of hydrogen-bond acceptors (Lipinski definition) is 4. The van der Waals surface area contributed by atoms with Crippen molar-refractivity contribution < 1.29 is 0 Å². The maximum Gasteiger partial charge on any atom is 0.0846 e. The van der Waals surface area contributed by atoms with Crippen molar-refractivity contribution in [3.63, 3.8) is 0 Å². The van der Waals surface area contributed by atoms with Crippen LogP contribution in [-0.2, 0) is 13.5 Å². The van der Waals surface area contributed by atoms with Gasteiger partial charge in [-0.05, 0) is 26.1 Å². The zero-order valence-corrected chi connectivity index (χ0v) is 10.4. The number of hydrogen-bond donors (Lipinski definition) is 1. The van der Waals surface area contributed by atoms with Crippen molar-refractivity contribution >= 4 is 0 Å². The lowest BCUT2D eigenvalue weighted by atomic mass is 10.1. The molecule has 0 aliphatic rings. The molecule has 90 valence electrons. The van der Waals surface area contributed by atoms with Crippen molar-refractivity contribution in [3.8, 4) is 0 Å². The van der Waals surface area contributed by atoms with Crippen LogP contribution in [0.25, 0.3) is 0 Å². The predicted octanol–water partition coefficient (Wildman–Crippen LogP) is 1.02. The first-order valence-corrected chi connectivity index (χ1v) is 5.65. The third-order valence-electron chi connectivity index (χ3n) is 2.68. The topological polar surface area (TPSA) is 55.6 Å². The molecule has 2 rings (SSSR count). The van der Waals surface area contributed by atoms with E-state index >= 15 is 0 Å². The SMILES string of the molecule is CNC(Cc1cn(C)nn1)c1cccc(C)n1. The van der Waals surface area contributed by atoms with E-state index in [0.717, 1.165) is 23.5 Å². The fourth-order valence-corrected chi connectivity index (χ4v) is 1.81. The van der Waals surface area contributed by atoms with Gasteiger partial charge in [-0.3, -0.25) is 9.67 Å². The molecule has 0 aliphatic carbocycles. The first-order valence-electron chi connectivity index (χ1n) is 5.65. The van der Waals surface area contributed by atoms with Gasteiger partial charge in [0.2, 0.25) is 0 Å². The van der Waals surface area contributed by atoms with E-state index in [9.17, 15) is 0 Å². The Bertz CT molecular complexity index is 491. The maximum absolute atomic E-state index is 4.53. The van der Waals surface area contributed by atoms with E-state index in [1.165, 1.54) is 0 Å². The molecule has 2 heterocycles. The monoisotopic (exact) mass is 231 g/mol. The molecule has 0 aromatic carbocycles. The predicted molar refractivity (Wildman–Crippen MR) is 65.5 cm³/mol. The van der Waals surface area contributed by atoms with Crippen LogP contribution in [0.5, 0.6) is 0 Å².